The lowest BCUT2D eigenvalue weighted by Crippen LogP contribution is -2.52. The van der Waals surface area contributed by atoms with Crippen molar-refractivity contribution in [3.8, 4) is 0 Å². The van der Waals surface area contributed by atoms with Gasteiger partial charge in [0.1, 0.15) is 5.82 Å². The van der Waals surface area contributed by atoms with Gasteiger partial charge in [-0.3, -0.25) is 9.59 Å². The number of carbonyl (C=O) groups excluding carboxylic acids is 2. The Kier molecular flexibility index (Phi) is 6.84. The molecule has 0 radical (unpaired) electrons. The highest BCUT2D eigenvalue weighted by atomic mass is 32.2. The van der Waals surface area contributed by atoms with Crippen LogP contribution in [0.3, 0.4) is 0 Å². The number of alkyl halides is 3. The maximum atomic E-state index is 13.6. The van der Waals surface area contributed by atoms with Gasteiger partial charge in [0.25, 0.3) is 5.91 Å². The molecule has 0 bridgehead atoms. The summed E-state index contributed by atoms with van der Waals surface area (Å²) < 4.78 is 78.1. The van der Waals surface area contributed by atoms with E-state index < -0.39 is 45.9 Å². The Hall–Kier alpha value is -2.99. The number of carbonyl (C=O) groups is 2. The van der Waals surface area contributed by atoms with Crippen molar-refractivity contribution in [2.45, 2.75) is 11.1 Å². The molecule has 2 aromatic carbocycles. The summed E-state index contributed by atoms with van der Waals surface area (Å²) in [5.74, 6) is -1.94. The third-order valence-electron chi connectivity index (χ3n) is 4.93. The third kappa shape index (κ3) is 5.25. The summed E-state index contributed by atoms with van der Waals surface area (Å²) in [4.78, 5) is 25.4. The molecule has 1 saturated heterocycles. The van der Waals surface area contributed by atoms with Crippen molar-refractivity contribution in [2.24, 2.45) is 0 Å². The first kappa shape index (κ1) is 23.7. The van der Waals surface area contributed by atoms with Crippen molar-refractivity contribution < 1.29 is 35.6 Å². The molecule has 32 heavy (non-hydrogen) atoms. The molecule has 0 spiro atoms. The van der Waals surface area contributed by atoms with Crippen molar-refractivity contribution in [1.82, 2.24) is 14.5 Å². The molecule has 1 N–H and O–H groups in total. The van der Waals surface area contributed by atoms with Crippen molar-refractivity contribution in [1.29, 1.82) is 0 Å². The number of nitrogens with zero attached hydrogens (tertiary/aromatic N) is 2. The van der Waals surface area contributed by atoms with Gasteiger partial charge in [-0.2, -0.15) is 17.5 Å². The fourth-order valence-corrected chi connectivity index (χ4v) is 4.57. The average Bonchev–Trinajstić information content (AvgIpc) is 2.77. The maximum Gasteiger partial charge on any atom is 0.416 e. The van der Waals surface area contributed by atoms with Crippen molar-refractivity contribution in [3.05, 3.63) is 65.5 Å². The molecule has 0 aliphatic carbocycles. The lowest BCUT2D eigenvalue weighted by Gasteiger charge is -2.34. The first-order valence-corrected chi connectivity index (χ1v) is 10.9. The van der Waals surface area contributed by atoms with Crippen LogP contribution in [0, 0.1) is 5.82 Å². The second-order valence-electron chi connectivity index (χ2n) is 6.97. The smallest absolute Gasteiger partial charge is 0.343 e. The second-order valence-corrected chi connectivity index (χ2v) is 8.91. The molecule has 172 valence electrons. The monoisotopic (exact) mass is 473 g/mol. The summed E-state index contributed by atoms with van der Waals surface area (Å²) in [6.07, 6.45) is -4.57. The van der Waals surface area contributed by atoms with Crippen LogP contribution >= 0.6 is 0 Å². The van der Waals surface area contributed by atoms with Gasteiger partial charge in [0.2, 0.25) is 15.9 Å². The van der Waals surface area contributed by atoms with Crippen LogP contribution in [-0.4, -0.2) is 62.2 Å². The Morgan fingerprint density at radius 3 is 2.09 bits per heavy atom. The van der Waals surface area contributed by atoms with E-state index in [-0.39, 0.29) is 36.6 Å². The topological polar surface area (TPSA) is 86.8 Å². The standard InChI is InChI=1S/C20H19F4N3O4S/c21-17-4-2-1-3-16(17)19(29)25-13-18(28)26-9-11-27(12-10-26)32(30,31)15-7-5-14(6-8-15)20(22,23)24/h1-8H,9-13H2,(H,25,29). The summed E-state index contributed by atoms with van der Waals surface area (Å²) in [6, 6.07) is 8.50. The van der Waals surface area contributed by atoms with Gasteiger partial charge in [0.05, 0.1) is 22.6 Å². The predicted octanol–water partition coefficient (Wildman–Crippen LogP) is 2.11. The van der Waals surface area contributed by atoms with E-state index >= 15 is 0 Å². The van der Waals surface area contributed by atoms with Crippen LogP contribution in [0.4, 0.5) is 17.6 Å². The average molecular weight is 473 g/mol. The highest BCUT2D eigenvalue weighted by molar-refractivity contribution is 7.89. The molecule has 0 unspecified atom stereocenters. The van der Waals surface area contributed by atoms with Crippen LogP contribution in [-0.2, 0) is 21.0 Å². The Bertz CT molecular complexity index is 1100. The van der Waals surface area contributed by atoms with Crippen LogP contribution in [0.2, 0.25) is 0 Å². The van der Waals surface area contributed by atoms with Gasteiger partial charge < -0.3 is 10.2 Å². The highest BCUT2D eigenvalue weighted by Gasteiger charge is 2.33. The van der Waals surface area contributed by atoms with Gasteiger partial charge in [-0.1, -0.05) is 12.1 Å². The van der Waals surface area contributed by atoms with Gasteiger partial charge in [-0.15, -0.1) is 0 Å². The van der Waals surface area contributed by atoms with Gasteiger partial charge >= 0.3 is 6.18 Å². The molecule has 2 aromatic rings. The molecule has 0 saturated carbocycles. The Balaban J connectivity index is 1.55. The zero-order chi connectivity index (χ0) is 23.5. The number of sulfonamides is 1. The SMILES string of the molecule is O=C(NCC(=O)N1CCN(S(=O)(=O)c2ccc(C(F)(F)F)cc2)CC1)c1ccccc1F. The Labute approximate surface area is 181 Å². The number of benzene rings is 2. The first-order chi connectivity index (χ1) is 15.0. The van der Waals surface area contributed by atoms with Gasteiger partial charge in [0.15, 0.2) is 0 Å². The van der Waals surface area contributed by atoms with E-state index in [1.165, 1.54) is 23.1 Å². The minimum Gasteiger partial charge on any atom is -0.343 e. The lowest BCUT2D eigenvalue weighted by atomic mass is 10.2. The first-order valence-electron chi connectivity index (χ1n) is 9.48. The van der Waals surface area contributed by atoms with Crippen LogP contribution in [0.1, 0.15) is 15.9 Å². The number of nitrogens with one attached hydrogen (secondary N) is 1. The lowest BCUT2D eigenvalue weighted by molar-refractivity contribution is -0.137. The summed E-state index contributed by atoms with van der Waals surface area (Å²) in [5, 5.41) is 2.33. The summed E-state index contributed by atoms with van der Waals surface area (Å²) in [7, 11) is -4.02. The summed E-state index contributed by atoms with van der Waals surface area (Å²) >= 11 is 0. The molecule has 7 nitrogen and oxygen atoms in total. The van der Waals surface area contributed by atoms with Crippen molar-refractivity contribution >= 4 is 21.8 Å². The molecule has 1 aliphatic rings. The zero-order valence-corrected chi connectivity index (χ0v) is 17.4. The maximum absolute atomic E-state index is 13.6. The molecular weight excluding hydrogens is 454 g/mol. The number of amides is 2. The quantitative estimate of drug-likeness (QED) is 0.674. The van der Waals surface area contributed by atoms with E-state index in [1.807, 2.05) is 0 Å². The van der Waals surface area contributed by atoms with Gasteiger partial charge in [0, 0.05) is 26.2 Å². The van der Waals surface area contributed by atoms with Crippen molar-refractivity contribution in [2.75, 3.05) is 32.7 Å². The van der Waals surface area contributed by atoms with E-state index in [9.17, 15) is 35.6 Å². The highest BCUT2D eigenvalue weighted by Crippen LogP contribution is 2.30. The number of piperazine rings is 1. The second kappa shape index (κ2) is 9.25. The molecule has 3 rings (SSSR count). The zero-order valence-electron chi connectivity index (χ0n) is 16.6. The molecule has 1 heterocycles. The van der Waals surface area contributed by atoms with Gasteiger partial charge in [-0.25, -0.2) is 12.8 Å². The number of hydrogen-bond acceptors (Lipinski definition) is 4. The van der Waals surface area contributed by atoms with E-state index in [0.717, 1.165) is 22.5 Å². The van der Waals surface area contributed by atoms with Crippen LogP contribution < -0.4 is 5.32 Å². The predicted molar refractivity (Wildman–Crippen MR) is 106 cm³/mol. The minimum atomic E-state index is -4.57. The minimum absolute atomic E-state index is 0.0360. The summed E-state index contributed by atoms with van der Waals surface area (Å²) in [6.45, 7) is -0.436. The number of rotatable bonds is 5. The van der Waals surface area contributed by atoms with Crippen LogP contribution in [0.5, 0.6) is 0 Å². The fraction of sp³-hybridized carbons (Fsp3) is 0.300. The number of hydrogen-bond donors (Lipinski definition) is 1. The van der Waals surface area contributed by atoms with E-state index in [1.54, 1.807) is 0 Å². The van der Waals surface area contributed by atoms with Crippen LogP contribution in [0.15, 0.2) is 53.4 Å². The Morgan fingerprint density at radius 1 is 0.938 bits per heavy atom. The Morgan fingerprint density at radius 2 is 1.53 bits per heavy atom. The van der Waals surface area contributed by atoms with Crippen LogP contribution in [0.25, 0.3) is 0 Å². The summed E-state index contributed by atoms with van der Waals surface area (Å²) in [5.41, 5.74) is -1.16. The molecule has 1 fully saturated rings. The molecule has 2 amide bonds. The molecule has 1 aliphatic heterocycles. The van der Waals surface area contributed by atoms with E-state index in [0.29, 0.717) is 12.1 Å². The fourth-order valence-electron chi connectivity index (χ4n) is 3.15. The van der Waals surface area contributed by atoms with E-state index in [2.05, 4.69) is 5.32 Å². The third-order valence-corrected chi connectivity index (χ3v) is 6.84. The van der Waals surface area contributed by atoms with Crippen molar-refractivity contribution in [3.63, 3.8) is 0 Å². The number of halogens is 4. The molecular formula is C20H19F4N3O4S. The normalized spacial score (nSPS) is 15.4. The van der Waals surface area contributed by atoms with E-state index in [4.69, 9.17) is 0 Å². The largest absolute Gasteiger partial charge is 0.416 e. The molecule has 12 heteroatoms. The molecule has 0 aromatic heterocycles. The molecule has 0 atom stereocenters. The van der Waals surface area contributed by atoms with Gasteiger partial charge in [-0.05, 0) is 36.4 Å².